The van der Waals surface area contributed by atoms with Crippen LogP contribution in [0.15, 0.2) is 54.7 Å². The third-order valence-electron chi connectivity index (χ3n) is 4.36. The molecule has 6 heteroatoms. The van der Waals surface area contributed by atoms with Gasteiger partial charge >= 0.3 is 0 Å². The predicted molar refractivity (Wildman–Crippen MR) is 92.5 cm³/mol. The monoisotopic (exact) mass is 323 g/mol. The molecule has 6 nitrogen and oxygen atoms in total. The third kappa shape index (κ3) is 2.51. The zero-order valence-corrected chi connectivity index (χ0v) is 13.1. The molecule has 1 aliphatic heterocycles. The maximum absolute atomic E-state index is 11.4. The van der Waals surface area contributed by atoms with Gasteiger partial charge in [-0.25, -0.2) is 0 Å². The lowest BCUT2D eigenvalue weighted by molar-refractivity contribution is -0.383. The first-order chi connectivity index (χ1) is 11.7. The molecule has 1 saturated heterocycles. The Morgan fingerprint density at radius 3 is 2.46 bits per heavy atom. The molecular formula is C18H17N3O3. The molecule has 1 aromatic carbocycles. The highest BCUT2D eigenvalue weighted by Gasteiger charge is 2.20. The van der Waals surface area contributed by atoms with E-state index in [-0.39, 0.29) is 10.6 Å². The van der Waals surface area contributed by atoms with E-state index in [1.54, 1.807) is 6.07 Å². The van der Waals surface area contributed by atoms with Gasteiger partial charge in [0.05, 0.1) is 18.1 Å². The van der Waals surface area contributed by atoms with E-state index in [4.69, 9.17) is 4.74 Å². The molecule has 0 bridgehead atoms. The first-order valence-corrected chi connectivity index (χ1v) is 7.91. The third-order valence-corrected chi connectivity index (χ3v) is 4.36. The molecule has 1 aliphatic rings. The Labute approximate surface area is 139 Å². The molecule has 0 unspecified atom stereocenters. The number of nitro groups is 1. The highest BCUT2D eigenvalue weighted by atomic mass is 16.6. The fraction of sp³-hybridized carbons (Fsp3) is 0.222. The van der Waals surface area contributed by atoms with Crippen molar-refractivity contribution in [3.05, 3.63) is 64.8 Å². The van der Waals surface area contributed by atoms with Gasteiger partial charge in [-0.1, -0.05) is 30.3 Å². The predicted octanol–water partition coefficient (Wildman–Crippen LogP) is 3.35. The van der Waals surface area contributed by atoms with Crippen molar-refractivity contribution in [1.82, 2.24) is 4.40 Å². The number of pyridine rings is 1. The number of hydrogen-bond donors (Lipinski definition) is 0. The second-order valence-electron chi connectivity index (χ2n) is 5.78. The molecule has 1 fully saturated rings. The van der Waals surface area contributed by atoms with Crippen LogP contribution in [0.1, 0.15) is 0 Å². The maximum atomic E-state index is 11.4. The number of anilines is 1. The average molecular weight is 323 g/mol. The van der Waals surface area contributed by atoms with Crippen LogP contribution in [0.2, 0.25) is 0 Å². The van der Waals surface area contributed by atoms with Crippen molar-refractivity contribution in [3.63, 3.8) is 0 Å². The summed E-state index contributed by atoms with van der Waals surface area (Å²) in [6.07, 6.45) is 1.97. The van der Waals surface area contributed by atoms with Crippen molar-refractivity contribution in [1.29, 1.82) is 0 Å². The van der Waals surface area contributed by atoms with Crippen molar-refractivity contribution in [3.8, 4) is 11.1 Å². The van der Waals surface area contributed by atoms with Gasteiger partial charge in [0.2, 0.25) is 0 Å². The minimum atomic E-state index is -0.326. The molecule has 2 aromatic heterocycles. The summed E-state index contributed by atoms with van der Waals surface area (Å²) >= 11 is 0. The quantitative estimate of drug-likeness (QED) is 0.548. The van der Waals surface area contributed by atoms with Crippen molar-refractivity contribution in [2.75, 3.05) is 31.2 Å². The number of nitrogens with zero attached hydrogens (tertiary/aromatic N) is 3. The van der Waals surface area contributed by atoms with E-state index in [1.807, 2.05) is 53.1 Å². The summed E-state index contributed by atoms with van der Waals surface area (Å²) < 4.78 is 7.33. The summed E-state index contributed by atoms with van der Waals surface area (Å²) in [6.45, 7) is 2.91. The minimum absolute atomic E-state index is 0.120. The van der Waals surface area contributed by atoms with Crippen molar-refractivity contribution in [2.45, 2.75) is 0 Å². The summed E-state index contributed by atoms with van der Waals surface area (Å²) in [4.78, 5) is 13.3. The fourth-order valence-electron chi connectivity index (χ4n) is 3.16. The van der Waals surface area contributed by atoms with E-state index >= 15 is 0 Å². The SMILES string of the molecule is O=[N+]([O-])c1ccc(N2CCOCC2)n2cc(-c3ccccc3)cc12. The molecular weight excluding hydrogens is 306 g/mol. The van der Waals surface area contributed by atoms with E-state index in [1.165, 1.54) is 0 Å². The Bertz CT molecular complexity index is 883. The van der Waals surface area contributed by atoms with Gasteiger partial charge in [-0.2, -0.15) is 0 Å². The Morgan fingerprint density at radius 2 is 1.75 bits per heavy atom. The largest absolute Gasteiger partial charge is 0.378 e. The van der Waals surface area contributed by atoms with Crippen LogP contribution in [0.5, 0.6) is 0 Å². The fourth-order valence-corrected chi connectivity index (χ4v) is 3.16. The van der Waals surface area contributed by atoms with E-state index in [0.29, 0.717) is 18.7 Å². The molecule has 3 aromatic rings. The summed E-state index contributed by atoms with van der Waals surface area (Å²) in [5.74, 6) is 0.959. The van der Waals surface area contributed by atoms with E-state index in [0.717, 1.165) is 30.0 Å². The lowest BCUT2D eigenvalue weighted by atomic mass is 10.1. The first-order valence-electron chi connectivity index (χ1n) is 7.91. The Kier molecular flexibility index (Phi) is 3.66. The lowest BCUT2D eigenvalue weighted by Crippen LogP contribution is -2.37. The average Bonchev–Trinajstić information content (AvgIpc) is 3.07. The molecule has 0 N–H and O–H groups in total. The molecule has 0 saturated carbocycles. The number of aromatic nitrogens is 1. The van der Waals surface area contributed by atoms with Gasteiger partial charge in [-0.05, 0) is 17.7 Å². The van der Waals surface area contributed by atoms with Gasteiger partial charge < -0.3 is 9.64 Å². The van der Waals surface area contributed by atoms with Crippen LogP contribution >= 0.6 is 0 Å². The molecule has 0 radical (unpaired) electrons. The number of ether oxygens (including phenoxy) is 1. The van der Waals surface area contributed by atoms with Crippen LogP contribution < -0.4 is 4.90 Å². The molecule has 122 valence electrons. The molecule has 3 heterocycles. The van der Waals surface area contributed by atoms with Crippen LogP contribution in [-0.4, -0.2) is 35.6 Å². The topological polar surface area (TPSA) is 60.0 Å². The number of hydrogen-bond acceptors (Lipinski definition) is 4. The van der Waals surface area contributed by atoms with E-state index < -0.39 is 0 Å². The van der Waals surface area contributed by atoms with E-state index in [2.05, 4.69) is 4.90 Å². The second kappa shape index (κ2) is 5.98. The first kappa shape index (κ1) is 14.7. The number of rotatable bonds is 3. The standard InChI is InChI=1S/C18H17N3O3/c22-21(23)16-6-7-18(19-8-10-24-11-9-19)20-13-15(12-17(16)20)14-4-2-1-3-5-14/h1-7,12-13H,8-11H2. The Morgan fingerprint density at radius 1 is 1.00 bits per heavy atom. The van der Waals surface area contributed by atoms with Gasteiger partial charge in [0.15, 0.2) is 0 Å². The van der Waals surface area contributed by atoms with Crippen LogP contribution in [0.4, 0.5) is 11.5 Å². The van der Waals surface area contributed by atoms with Crippen LogP contribution in [0, 0.1) is 10.1 Å². The molecule has 0 amide bonds. The number of benzene rings is 1. The van der Waals surface area contributed by atoms with Crippen LogP contribution in [0.3, 0.4) is 0 Å². The zero-order valence-electron chi connectivity index (χ0n) is 13.1. The number of morpholine rings is 1. The van der Waals surface area contributed by atoms with Crippen LogP contribution in [-0.2, 0) is 4.74 Å². The lowest BCUT2D eigenvalue weighted by Gasteiger charge is -2.29. The molecule has 0 aliphatic carbocycles. The van der Waals surface area contributed by atoms with Gasteiger partial charge in [0.1, 0.15) is 11.3 Å². The summed E-state index contributed by atoms with van der Waals surface area (Å²) in [5, 5.41) is 11.4. The zero-order chi connectivity index (χ0) is 16.5. The Balaban J connectivity index is 1.90. The van der Waals surface area contributed by atoms with Gasteiger partial charge in [-0.15, -0.1) is 0 Å². The van der Waals surface area contributed by atoms with Crippen molar-refractivity contribution >= 4 is 17.0 Å². The van der Waals surface area contributed by atoms with Crippen molar-refractivity contribution < 1.29 is 9.66 Å². The van der Waals surface area contributed by atoms with Crippen molar-refractivity contribution in [2.24, 2.45) is 0 Å². The number of fused-ring (bicyclic) bond motifs is 1. The summed E-state index contributed by atoms with van der Waals surface area (Å²) in [7, 11) is 0. The second-order valence-corrected chi connectivity index (χ2v) is 5.78. The van der Waals surface area contributed by atoms with Gasteiger partial charge in [0, 0.05) is 30.9 Å². The smallest absolute Gasteiger partial charge is 0.293 e. The normalized spacial score (nSPS) is 14.9. The summed E-state index contributed by atoms with van der Waals surface area (Å²) in [6, 6.07) is 15.2. The highest BCUT2D eigenvalue weighted by Crippen LogP contribution is 2.32. The molecule has 4 rings (SSSR count). The molecule has 0 spiro atoms. The molecule has 0 atom stereocenters. The van der Waals surface area contributed by atoms with Gasteiger partial charge in [-0.3, -0.25) is 14.5 Å². The maximum Gasteiger partial charge on any atom is 0.293 e. The summed E-state index contributed by atoms with van der Waals surface area (Å²) in [5.41, 5.74) is 2.75. The highest BCUT2D eigenvalue weighted by molar-refractivity contribution is 5.78. The molecule has 24 heavy (non-hydrogen) atoms. The van der Waals surface area contributed by atoms with E-state index in [9.17, 15) is 10.1 Å². The van der Waals surface area contributed by atoms with Crippen LogP contribution in [0.25, 0.3) is 16.6 Å². The minimum Gasteiger partial charge on any atom is -0.378 e. The Hall–Kier alpha value is -2.86. The van der Waals surface area contributed by atoms with Gasteiger partial charge in [0.25, 0.3) is 5.69 Å².